The van der Waals surface area contributed by atoms with Crippen LogP contribution in [-0.2, 0) is 0 Å². The van der Waals surface area contributed by atoms with Gasteiger partial charge in [0.15, 0.2) is 0 Å². The second kappa shape index (κ2) is 6.43. The molecule has 1 heteroatoms. The summed E-state index contributed by atoms with van der Waals surface area (Å²) in [5, 5.41) is 0. The summed E-state index contributed by atoms with van der Waals surface area (Å²) in [6, 6.07) is 13.1. The van der Waals surface area contributed by atoms with Crippen LogP contribution in [0.1, 0.15) is 69.0 Å². The first-order chi connectivity index (χ1) is 10.3. The first-order valence-electron chi connectivity index (χ1n) is 8.31. The Morgan fingerprint density at radius 3 is 2.38 bits per heavy atom. The Bertz CT molecular complexity index is 580. The molecule has 0 unspecified atom stereocenters. The number of hydrogen-bond donors (Lipinski definition) is 0. The van der Waals surface area contributed by atoms with Gasteiger partial charge in [0.25, 0.3) is 0 Å². The Morgan fingerprint density at radius 2 is 1.71 bits per heavy atom. The van der Waals surface area contributed by atoms with Gasteiger partial charge in [-0.15, -0.1) is 0 Å². The van der Waals surface area contributed by atoms with Crippen LogP contribution < -0.4 is 0 Å². The zero-order chi connectivity index (χ0) is 14.7. The van der Waals surface area contributed by atoms with Gasteiger partial charge < -0.3 is 0 Å². The number of nitrogens with zero attached hydrogens (tertiary/aromatic N) is 1. The number of benzene rings is 1. The fourth-order valence-corrected chi connectivity index (χ4v) is 3.40. The van der Waals surface area contributed by atoms with Crippen LogP contribution in [0, 0.1) is 0 Å². The molecule has 2 aromatic rings. The zero-order valence-corrected chi connectivity index (χ0v) is 13.2. The molecule has 0 aliphatic heterocycles. The summed E-state index contributed by atoms with van der Waals surface area (Å²) >= 11 is 0. The van der Waals surface area contributed by atoms with Gasteiger partial charge in [0.1, 0.15) is 0 Å². The Hall–Kier alpha value is -1.63. The molecule has 3 rings (SSSR count). The Kier molecular flexibility index (Phi) is 4.38. The van der Waals surface area contributed by atoms with Crippen LogP contribution in [0.4, 0.5) is 0 Å². The van der Waals surface area contributed by atoms with Crippen molar-refractivity contribution in [3.63, 3.8) is 0 Å². The van der Waals surface area contributed by atoms with E-state index in [1.165, 1.54) is 54.5 Å². The van der Waals surface area contributed by atoms with Crippen LogP contribution in [-0.4, -0.2) is 4.98 Å². The third-order valence-electron chi connectivity index (χ3n) is 4.68. The lowest BCUT2D eigenvalue weighted by Crippen LogP contribution is -2.08. The smallest absolute Gasteiger partial charge is 0.0435 e. The van der Waals surface area contributed by atoms with Gasteiger partial charge >= 0.3 is 0 Å². The molecular weight excluding hydrogens is 254 g/mol. The minimum Gasteiger partial charge on any atom is -0.261 e. The standard InChI is InChI=1S/C20H25N/c1-15(2)20-13-18(16-9-5-3-6-10-16)19(14-21-20)17-11-7-4-8-12-17/h3,5-6,9-10,13-15,17H,4,7-8,11-12H2,1-2H3. The molecule has 1 aliphatic rings. The highest BCUT2D eigenvalue weighted by molar-refractivity contribution is 5.68. The second-order valence-electron chi connectivity index (χ2n) is 6.55. The third-order valence-corrected chi connectivity index (χ3v) is 4.68. The van der Waals surface area contributed by atoms with Crippen LogP contribution in [0.5, 0.6) is 0 Å². The van der Waals surface area contributed by atoms with Gasteiger partial charge in [-0.1, -0.05) is 63.4 Å². The van der Waals surface area contributed by atoms with Crippen LogP contribution in [0.2, 0.25) is 0 Å². The first kappa shape index (κ1) is 14.3. The van der Waals surface area contributed by atoms with Gasteiger partial charge in [-0.05, 0) is 47.4 Å². The Morgan fingerprint density at radius 1 is 1.00 bits per heavy atom. The SMILES string of the molecule is CC(C)c1cc(-c2ccccc2)c(C2CCCCC2)cn1. The fourth-order valence-electron chi connectivity index (χ4n) is 3.40. The average molecular weight is 279 g/mol. The third kappa shape index (κ3) is 3.18. The molecule has 1 aromatic heterocycles. The van der Waals surface area contributed by atoms with Crippen molar-refractivity contribution in [2.75, 3.05) is 0 Å². The van der Waals surface area contributed by atoms with Gasteiger partial charge in [0, 0.05) is 11.9 Å². The van der Waals surface area contributed by atoms with Crippen molar-refractivity contribution in [3.05, 3.63) is 53.9 Å². The number of pyridine rings is 1. The van der Waals surface area contributed by atoms with E-state index in [0.717, 1.165) is 0 Å². The number of aromatic nitrogens is 1. The van der Waals surface area contributed by atoms with E-state index >= 15 is 0 Å². The quantitative estimate of drug-likeness (QED) is 0.679. The maximum Gasteiger partial charge on any atom is 0.0435 e. The highest BCUT2D eigenvalue weighted by Crippen LogP contribution is 2.38. The molecule has 110 valence electrons. The van der Waals surface area contributed by atoms with Crippen LogP contribution in [0.15, 0.2) is 42.6 Å². The van der Waals surface area contributed by atoms with Crippen molar-refractivity contribution >= 4 is 0 Å². The lowest BCUT2D eigenvalue weighted by molar-refractivity contribution is 0.443. The second-order valence-corrected chi connectivity index (χ2v) is 6.55. The van der Waals surface area contributed by atoms with Gasteiger partial charge in [-0.3, -0.25) is 4.98 Å². The molecule has 0 bridgehead atoms. The molecule has 0 atom stereocenters. The summed E-state index contributed by atoms with van der Waals surface area (Å²) in [5.74, 6) is 1.18. The molecule has 1 aliphatic carbocycles. The van der Waals surface area contributed by atoms with E-state index in [1.807, 2.05) is 0 Å². The monoisotopic (exact) mass is 279 g/mol. The molecule has 1 heterocycles. The topological polar surface area (TPSA) is 12.9 Å². The summed E-state index contributed by atoms with van der Waals surface area (Å²) in [7, 11) is 0. The molecule has 0 radical (unpaired) electrons. The van der Waals surface area contributed by atoms with Crippen molar-refractivity contribution in [3.8, 4) is 11.1 Å². The maximum atomic E-state index is 4.74. The summed E-state index contributed by atoms with van der Waals surface area (Å²) < 4.78 is 0. The van der Waals surface area contributed by atoms with E-state index in [4.69, 9.17) is 4.98 Å². The first-order valence-corrected chi connectivity index (χ1v) is 8.31. The molecule has 0 saturated heterocycles. The normalized spacial score (nSPS) is 16.3. The summed E-state index contributed by atoms with van der Waals surface area (Å²) in [6.07, 6.45) is 8.93. The number of rotatable bonds is 3. The molecule has 0 amide bonds. The van der Waals surface area contributed by atoms with Crippen LogP contribution in [0.25, 0.3) is 11.1 Å². The fraction of sp³-hybridized carbons (Fsp3) is 0.450. The Labute approximate surface area is 128 Å². The van der Waals surface area contributed by atoms with Gasteiger partial charge in [-0.2, -0.15) is 0 Å². The van der Waals surface area contributed by atoms with Gasteiger partial charge in [0.2, 0.25) is 0 Å². The van der Waals surface area contributed by atoms with E-state index in [9.17, 15) is 0 Å². The maximum absolute atomic E-state index is 4.74. The van der Waals surface area contributed by atoms with Gasteiger partial charge in [0.05, 0.1) is 0 Å². The summed E-state index contributed by atoms with van der Waals surface area (Å²) in [4.78, 5) is 4.74. The molecule has 1 aromatic carbocycles. The van der Waals surface area contributed by atoms with Crippen LogP contribution in [0.3, 0.4) is 0 Å². The minimum absolute atomic E-state index is 0.480. The molecule has 21 heavy (non-hydrogen) atoms. The van der Waals surface area contributed by atoms with Crippen molar-refractivity contribution < 1.29 is 0 Å². The molecule has 0 spiro atoms. The van der Waals surface area contributed by atoms with Gasteiger partial charge in [-0.25, -0.2) is 0 Å². The highest BCUT2D eigenvalue weighted by Gasteiger charge is 2.20. The van der Waals surface area contributed by atoms with Crippen LogP contribution >= 0.6 is 0 Å². The van der Waals surface area contributed by atoms with Crippen molar-refractivity contribution in [2.24, 2.45) is 0 Å². The van der Waals surface area contributed by atoms with Crippen molar-refractivity contribution in [1.29, 1.82) is 0 Å². The average Bonchev–Trinajstić information content (AvgIpc) is 2.56. The molecular formula is C20H25N. The van der Waals surface area contributed by atoms with E-state index in [2.05, 4.69) is 56.4 Å². The summed E-state index contributed by atoms with van der Waals surface area (Å²) in [6.45, 7) is 4.44. The Balaban J connectivity index is 2.06. The highest BCUT2D eigenvalue weighted by atomic mass is 14.7. The van der Waals surface area contributed by atoms with E-state index in [0.29, 0.717) is 11.8 Å². The lowest BCUT2D eigenvalue weighted by Gasteiger charge is -2.25. The van der Waals surface area contributed by atoms with Crippen molar-refractivity contribution in [2.45, 2.75) is 57.8 Å². The van der Waals surface area contributed by atoms with E-state index < -0.39 is 0 Å². The van der Waals surface area contributed by atoms with Crippen molar-refractivity contribution in [1.82, 2.24) is 4.98 Å². The van der Waals surface area contributed by atoms with E-state index in [-0.39, 0.29) is 0 Å². The summed E-state index contributed by atoms with van der Waals surface area (Å²) in [5.41, 5.74) is 5.40. The predicted octanol–water partition coefficient (Wildman–Crippen LogP) is 5.92. The molecule has 1 nitrogen and oxygen atoms in total. The molecule has 0 N–H and O–H groups in total. The van der Waals surface area contributed by atoms with E-state index in [1.54, 1.807) is 0 Å². The molecule has 1 saturated carbocycles. The predicted molar refractivity (Wildman–Crippen MR) is 89.6 cm³/mol. The largest absolute Gasteiger partial charge is 0.261 e. The number of hydrogen-bond acceptors (Lipinski definition) is 1. The lowest BCUT2D eigenvalue weighted by atomic mass is 9.81. The minimum atomic E-state index is 0.480. The zero-order valence-electron chi connectivity index (χ0n) is 13.2. The molecule has 1 fully saturated rings.